The molecule has 0 saturated heterocycles. The number of nitrogens with zero attached hydrogens (tertiary/aromatic N) is 1. The summed E-state index contributed by atoms with van der Waals surface area (Å²) in [5.41, 5.74) is 5.45. The molecule has 0 atom stereocenters. The van der Waals surface area contributed by atoms with Crippen molar-refractivity contribution in [2.75, 3.05) is 5.75 Å². The Balaban J connectivity index is 1.99. The number of H-pyrrole nitrogens is 1. The molecule has 92 valence electrons. The van der Waals surface area contributed by atoms with E-state index in [2.05, 4.69) is 10.2 Å². The van der Waals surface area contributed by atoms with Crippen LogP contribution < -0.4 is 0 Å². The van der Waals surface area contributed by atoms with Crippen molar-refractivity contribution in [2.24, 2.45) is 0 Å². The first kappa shape index (κ1) is 11.5. The number of nitrogens with one attached hydrogen (secondary N) is 1. The minimum Gasteiger partial charge on any atom is -0.295 e. The zero-order valence-electron chi connectivity index (χ0n) is 10.2. The Morgan fingerprint density at radius 2 is 2.11 bits per heavy atom. The topological polar surface area (TPSA) is 45.8 Å². The quantitative estimate of drug-likeness (QED) is 0.842. The number of thioether (sulfide) groups is 1. The van der Waals surface area contributed by atoms with Crippen LogP contribution in [0.5, 0.6) is 0 Å². The number of carbonyl (C=O) groups is 1. The summed E-state index contributed by atoms with van der Waals surface area (Å²) in [6.07, 6.45) is 1.07. The third-order valence-electron chi connectivity index (χ3n) is 3.26. The first-order valence-electron chi connectivity index (χ1n) is 6.01. The van der Waals surface area contributed by atoms with Gasteiger partial charge in [0.25, 0.3) is 0 Å². The molecule has 18 heavy (non-hydrogen) atoms. The molecule has 1 aliphatic rings. The first-order valence-corrected chi connectivity index (χ1v) is 7.16. The average Bonchev–Trinajstić information content (AvgIpc) is 2.82. The number of carbonyl (C=O) groups excluding carboxylic acids is 1. The van der Waals surface area contributed by atoms with Crippen LogP contribution in [0, 0.1) is 0 Å². The molecular formula is C14H14N2OS. The minimum absolute atomic E-state index is 0.0983. The van der Waals surface area contributed by atoms with Crippen LogP contribution in [0.25, 0.3) is 11.3 Å². The van der Waals surface area contributed by atoms with Gasteiger partial charge in [0.2, 0.25) is 0 Å². The lowest BCUT2D eigenvalue weighted by Crippen LogP contribution is -2.01. The van der Waals surface area contributed by atoms with Crippen LogP contribution in [0.1, 0.15) is 28.5 Å². The summed E-state index contributed by atoms with van der Waals surface area (Å²) < 4.78 is 0. The van der Waals surface area contributed by atoms with Crippen molar-refractivity contribution in [3.05, 3.63) is 41.1 Å². The van der Waals surface area contributed by atoms with Crippen LogP contribution in [0.2, 0.25) is 0 Å². The highest BCUT2D eigenvalue weighted by molar-refractivity contribution is 7.98. The summed E-state index contributed by atoms with van der Waals surface area (Å²) in [4.78, 5) is 11.3. The van der Waals surface area contributed by atoms with Crippen molar-refractivity contribution in [1.82, 2.24) is 10.2 Å². The van der Waals surface area contributed by atoms with Crippen LogP contribution in [0.4, 0.5) is 0 Å². The van der Waals surface area contributed by atoms with Crippen molar-refractivity contribution in [2.45, 2.75) is 19.1 Å². The largest absolute Gasteiger partial charge is 0.295 e. The molecule has 0 bridgehead atoms. The second kappa shape index (κ2) is 4.61. The molecule has 3 nitrogen and oxygen atoms in total. The average molecular weight is 258 g/mol. The molecule has 0 unspecified atom stereocenters. The van der Waals surface area contributed by atoms with Crippen LogP contribution in [0.3, 0.4) is 0 Å². The van der Waals surface area contributed by atoms with E-state index < -0.39 is 0 Å². The van der Waals surface area contributed by atoms with Gasteiger partial charge in [0.05, 0.1) is 5.69 Å². The molecule has 1 aromatic heterocycles. The Bertz CT molecular complexity index is 586. The Labute approximate surface area is 110 Å². The van der Waals surface area contributed by atoms with Crippen molar-refractivity contribution in [3.8, 4) is 11.3 Å². The molecule has 0 aliphatic carbocycles. The third kappa shape index (κ3) is 1.97. The van der Waals surface area contributed by atoms with Gasteiger partial charge in [-0.25, -0.2) is 0 Å². The van der Waals surface area contributed by atoms with E-state index in [9.17, 15) is 4.79 Å². The van der Waals surface area contributed by atoms with E-state index in [0.29, 0.717) is 0 Å². The molecule has 0 saturated carbocycles. The summed E-state index contributed by atoms with van der Waals surface area (Å²) >= 11 is 1.94. The van der Waals surface area contributed by atoms with Crippen LogP contribution in [-0.2, 0) is 12.2 Å². The fourth-order valence-corrected chi connectivity index (χ4v) is 3.22. The van der Waals surface area contributed by atoms with Crippen LogP contribution in [0.15, 0.2) is 24.3 Å². The predicted molar refractivity (Wildman–Crippen MR) is 73.9 cm³/mol. The Kier molecular flexibility index (Phi) is 2.96. The van der Waals surface area contributed by atoms with Gasteiger partial charge in [0, 0.05) is 28.1 Å². The van der Waals surface area contributed by atoms with Gasteiger partial charge in [-0.3, -0.25) is 9.89 Å². The second-order valence-electron chi connectivity index (χ2n) is 4.47. The number of ketones is 1. The van der Waals surface area contributed by atoms with E-state index in [1.54, 1.807) is 6.92 Å². The number of hydrogen-bond acceptors (Lipinski definition) is 3. The van der Waals surface area contributed by atoms with Crippen molar-refractivity contribution in [1.29, 1.82) is 0 Å². The number of Topliss-reactive ketones (excluding diaryl/α,β-unsaturated/α-hetero) is 1. The van der Waals surface area contributed by atoms with Crippen molar-refractivity contribution in [3.63, 3.8) is 0 Å². The SMILES string of the molecule is CC(=O)c1ccc(-c2n[nH]c3c2CSCC3)cc1. The van der Waals surface area contributed by atoms with Crippen LogP contribution >= 0.6 is 11.8 Å². The fourth-order valence-electron chi connectivity index (χ4n) is 2.21. The molecule has 0 radical (unpaired) electrons. The maximum absolute atomic E-state index is 11.3. The maximum atomic E-state index is 11.3. The minimum atomic E-state index is 0.0983. The highest BCUT2D eigenvalue weighted by Gasteiger charge is 2.18. The van der Waals surface area contributed by atoms with Crippen molar-refractivity contribution < 1.29 is 4.79 Å². The number of hydrogen-bond donors (Lipinski definition) is 1. The molecule has 0 fully saturated rings. The number of aromatic amines is 1. The van der Waals surface area contributed by atoms with E-state index in [4.69, 9.17) is 0 Å². The molecule has 0 spiro atoms. The molecular weight excluding hydrogens is 244 g/mol. The second-order valence-corrected chi connectivity index (χ2v) is 5.57. The molecule has 2 heterocycles. The summed E-state index contributed by atoms with van der Waals surface area (Å²) in [6.45, 7) is 1.59. The number of aryl methyl sites for hydroxylation is 1. The lowest BCUT2D eigenvalue weighted by atomic mass is 10.0. The van der Waals surface area contributed by atoms with Gasteiger partial charge in [0.1, 0.15) is 0 Å². The van der Waals surface area contributed by atoms with Gasteiger partial charge in [0.15, 0.2) is 5.78 Å². The standard InChI is InChI=1S/C14H14N2OS/c1-9(17)10-2-4-11(5-3-10)14-12-8-18-7-6-13(12)15-16-14/h2-5H,6-8H2,1H3,(H,15,16). The van der Waals surface area contributed by atoms with E-state index in [0.717, 1.165) is 34.7 Å². The first-order chi connectivity index (χ1) is 8.75. The van der Waals surface area contributed by atoms with Crippen molar-refractivity contribution >= 4 is 17.5 Å². The Morgan fingerprint density at radius 3 is 2.83 bits per heavy atom. The van der Waals surface area contributed by atoms with Crippen LogP contribution in [-0.4, -0.2) is 21.7 Å². The van der Waals surface area contributed by atoms with Gasteiger partial charge >= 0.3 is 0 Å². The number of benzene rings is 1. The molecule has 2 aromatic rings. The van der Waals surface area contributed by atoms with Gasteiger partial charge in [-0.2, -0.15) is 16.9 Å². The lowest BCUT2D eigenvalue weighted by Gasteiger charge is -2.11. The number of rotatable bonds is 2. The van der Waals surface area contributed by atoms with E-state index in [-0.39, 0.29) is 5.78 Å². The summed E-state index contributed by atoms with van der Waals surface area (Å²) in [7, 11) is 0. The van der Waals surface area contributed by atoms with E-state index >= 15 is 0 Å². The maximum Gasteiger partial charge on any atom is 0.159 e. The van der Waals surface area contributed by atoms with E-state index in [1.165, 1.54) is 11.3 Å². The molecule has 0 amide bonds. The van der Waals surface area contributed by atoms with Gasteiger partial charge < -0.3 is 0 Å². The monoisotopic (exact) mass is 258 g/mol. The van der Waals surface area contributed by atoms with E-state index in [1.807, 2.05) is 36.0 Å². The highest BCUT2D eigenvalue weighted by Crippen LogP contribution is 2.31. The summed E-state index contributed by atoms with van der Waals surface area (Å²) in [5, 5.41) is 7.55. The fraction of sp³-hybridized carbons (Fsp3) is 0.286. The zero-order chi connectivity index (χ0) is 12.5. The third-order valence-corrected chi connectivity index (χ3v) is 4.25. The number of aromatic nitrogens is 2. The molecule has 3 rings (SSSR count). The predicted octanol–water partition coefficient (Wildman–Crippen LogP) is 3.07. The molecule has 1 aliphatic heterocycles. The van der Waals surface area contributed by atoms with Gasteiger partial charge in [-0.05, 0) is 19.1 Å². The number of fused-ring (bicyclic) bond motifs is 1. The van der Waals surface area contributed by atoms with Gasteiger partial charge in [-0.1, -0.05) is 24.3 Å². The van der Waals surface area contributed by atoms with Gasteiger partial charge in [-0.15, -0.1) is 0 Å². The summed E-state index contributed by atoms with van der Waals surface area (Å²) in [5.74, 6) is 2.29. The highest BCUT2D eigenvalue weighted by atomic mass is 32.2. The Hall–Kier alpha value is -1.55. The molecule has 1 aromatic carbocycles. The molecule has 4 heteroatoms. The summed E-state index contributed by atoms with van der Waals surface area (Å²) in [6, 6.07) is 7.70. The molecule has 1 N–H and O–H groups in total. The zero-order valence-corrected chi connectivity index (χ0v) is 11.0. The lowest BCUT2D eigenvalue weighted by molar-refractivity contribution is 0.101. The Morgan fingerprint density at radius 1 is 1.33 bits per heavy atom. The normalized spacial score (nSPS) is 14.3. The smallest absolute Gasteiger partial charge is 0.159 e.